The normalized spacial score (nSPS) is 12.5. The van der Waals surface area contributed by atoms with Crippen LogP contribution in [-0.4, -0.2) is 44.8 Å². The molecule has 0 radical (unpaired) electrons. The van der Waals surface area contributed by atoms with Gasteiger partial charge in [0.15, 0.2) is 6.10 Å². The summed E-state index contributed by atoms with van der Waals surface area (Å²) in [7, 11) is -1.23. The van der Waals surface area contributed by atoms with Crippen LogP contribution in [0.5, 0.6) is 0 Å². The number of amides is 1. The smallest absolute Gasteiger partial charge is 0.341 e. The molecule has 0 heterocycles. The minimum Gasteiger partial charge on any atom is -0.449 e. The first-order valence-corrected chi connectivity index (χ1v) is 9.77. The number of nitrogens with one attached hydrogen (secondary N) is 1. The van der Waals surface area contributed by atoms with Gasteiger partial charge >= 0.3 is 5.97 Å². The van der Waals surface area contributed by atoms with E-state index in [9.17, 15) is 22.4 Å². The molecule has 1 amide bonds. The zero-order valence-electron chi connectivity index (χ0n) is 15.9. The van der Waals surface area contributed by atoms with E-state index >= 15 is 0 Å². The lowest BCUT2D eigenvalue weighted by Crippen LogP contribution is -2.30. The Bertz CT molecular complexity index is 1010. The summed E-state index contributed by atoms with van der Waals surface area (Å²) in [6.07, 6.45) is -1.22. The van der Waals surface area contributed by atoms with E-state index in [1.54, 1.807) is 18.2 Å². The second-order valence-electron chi connectivity index (χ2n) is 6.34. The van der Waals surface area contributed by atoms with Crippen LogP contribution in [0.4, 0.5) is 10.1 Å². The number of carbonyl (C=O) groups is 2. The molecule has 0 aromatic heterocycles. The van der Waals surface area contributed by atoms with Crippen LogP contribution in [0.2, 0.25) is 0 Å². The van der Waals surface area contributed by atoms with E-state index in [1.165, 1.54) is 21.0 Å². The van der Waals surface area contributed by atoms with Gasteiger partial charge in [-0.05, 0) is 49.7 Å². The lowest BCUT2D eigenvalue weighted by molar-refractivity contribution is -0.123. The molecule has 1 N–H and O–H groups in total. The number of anilines is 1. The molecular formula is C19H21FN2O5S. The molecule has 2 aromatic rings. The third-order valence-electron chi connectivity index (χ3n) is 3.87. The number of aryl methyl sites for hydroxylation is 1. The predicted octanol–water partition coefficient (Wildman–Crippen LogP) is 2.57. The molecule has 0 aliphatic heterocycles. The van der Waals surface area contributed by atoms with Crippen molar-refractivity contribution < 1.29 is 27.1 Å². The average Bonchev–Trinajstić information content (AvgIpc) is 2.61. The molecule has 0 fully saturated rings. The van der Waals surface area contributed by atoms with Crippen LogP contribution in [0.15, 0.2) is 47.4 Å². The molecule has 2 rings (SSSR count). The maximum absolute atomic E-state index is 14.0. The molecule has 9 heteroatoms. The van der Waals surface area contributed by atoms with Gasteiger partial charge in [0.1, 0.15) is 5.82 Å². The van der Waals surface area contributed by atoms with Gasteiger partial charge in [-0.3, -0.25) is 4.79 Å². The van der Waals surface area contributed by atoms with Crippen molar-refractivity contribution in [2.45, 2.75) is 24.8 Å². The van der Waals surface area contributed by atoms with Crippen molar-refractivity contribution >= 4 is 27.6 Å². The Labute approximate surface area is 163 Å². The molecule has 0 spiro atoms. The standard InChI is InChI=1S/C19H21FN2O5S/c1-12-6-5-7-14(10-12)21-18(23)13(2)27-19(24)16-11-15(8-9-17(16)20)28(25,26)22(3)4/h5-11,13H,1-4H3,(H,21,23)/t13-/m1/s1. The summed E-state index contributed by atoms with van der Waals surface area (Å²) in [6.45, 7) is 3.19. The molecule has 2 aromatic carbocycles. The number of rotatable bonds is 6. The molecule has 0 unspecified atom stereocenters. The highest BCUT2D eigenvalue weighted by Crippen LogP contribution is 2.19. The first kappa shape index (κ1) is 21.5. The Morgan fingerprint density at radius 1 is 1.14 bits per heavy atom. The van der Waals surface area contributed by atoms with E-state index in [0.29, 0.717) is 5.69 Å². The second kappa shape index (κ2) is 8.49. The fourth-order valence-electron chi connectivity index (χ4n) is 2.28. The number of hydrogen-bond donors (Lipinski definition) is 1. The van der Waals surface area contributed by atoms with Gasteiger partial charge in [0.25, 0.3) is 5.91 Å². The van der Waals surface area contributed by atoms with Gasteiger partial charge < -0.3 is 10.1 Å². The maximum atomic E-state index is 14.0. The number of carbonyl (C=O) groups excluding carboxylic acids is 2. The minimum absolute atomic E-state index is 0.261. The lowest BCUT2D eigenvalue weighted by atomic mass is 10.2. The zero-order chi connectivity index (χ0) is 21.1. The van der Waals surface area contributed by atoms with Gasteiger partial charge in [-0.15, -0.1) is 0 Å². The third-order valence-corrected chi connectivity index (χ3v) is 5.69. The Hall–Kier alpha value is -2.78. The average molecular weight is 408 g/mol. The highest BCUT2D eigenvalue weighted by Gasteiger charge is 2.25. The number of halogens is 1. The van der Waals surface area contributed by atoms with E-state index in [4.69, 9.17) is 4.74 Å². The molecule has 0 bridgehead atoms. The quantitative estimate of drug-likeness (QED) is 0.742. The van der Waals surface area contributed by atoms with Gasteiger partial charge in [-0.2, -0.15) is 0 Å². The lowest BCUT2D eigenvalue weighted by Gasteiger charge is -2.15. The van der Waals surface area contributed by atoms with Crippen LogP contribution in [0, 0.1) is 12.7 Å². The van der Waals surface area contributed by atoms with Gasteiger partial charge in [0.2, 0.25) is 10.0 Å². The summed E-state index contributed by atoms with van der Waals surface area (Å²) >= 11 is 0. The van der Waals surface area contributed by atoms with E-state index in [0.717, 1.165) is 28.1 Å². The Kier molecular flexibility index (Phi) is 6.52. The molecule has 1 atom stereocenters. The summed E-state index contributed by atoms with van der Waals surface area (Å²) in [6, 6.07) is 9.83. The monoisotopic (exact) mass is 408 g/mol. The molecule has 0 aliphatic carbocycles. The van der Waals surface area contributed by atoms with Gasteiger partial charge in [0.05, 0.1) is 10.5 Å². The van der Waals surface area contributed by atoms with Crippen LogP contribution < -0.4 is 5.32 Å². The maximum Gasteiger partial charge on any atom is 0.341 e. The number of hydrogen-bond acceptors (Lipinski definition) is 5. The van der Waals surface area contributed by atoms with Crippen LogP contribution >= 0.6 is 0 Å². The fraction of sp³-hybridized carbons (Fsp3) is 0.263. The summed E-state index contributed by atoms with van der Waals surface area (Å²) in [5.74, 6) is -2.69. The third kappa shape index (κ3) is 4.93. The molecule has 0 saturated heterocycles. The van der Waals surface area contributed by atoms with Crippen molar-refractivity contribution in [3.63, 3.8) is 0 Å². The predicted molar refractivity (Wildman–Crippen MR) is 102 cm³/mol. The van der Waals surface area contributed by atoms with E-state index < -0.39 is 39.4 Å². The van der Waals surface area contributed by atoms with Crippen LogP contribution in [-0.2, 0) is 19.6 Å². The Morgan fingerprint density at radius 2 is 1.82 bits per heavy atom. The Morgan fingerprint density at radius 3 is 2.43 bits per heavy atom. The first-order chi connectivity index (χ1) is 13.0. The first-order valence-electron chi connectivity index (χ1n) is 8.33. The van der Waals surface area contributed by atoms with Crippen LogP contribution in [0.1, 0.15) is 22.8 Å². The van der Waals surface area contributed by atoms with Gasteiger partial charge in [-0.1, -0.05) is 12.1 Å². The molecule has 0 saturated carbocycles. The molecular weight excluding hydrogens is 387 g/mol. The zero-order valence-corrected chi connectivity index (χ0v) is 16.7. The summed E-state index contributed by atoms with van der Waals surface area (Å²) in [5.41, 5.74) is 0.889. The van der Waals surface area contributed by atoms with Crippen LogP contribution in [0.3, 0.4) is 0 Å². The van der Waals surface area contributed by atoms with Crippen molar-refractivity contribution in [1.29, 1.82) is 0 Å². The van der Waals surface area contributed by atoms with Crippen molar-refractivity contribution in [1.82, 2.24) is 4.31 Å². The van der Waals surface area contributed by atoms with Crippen LogP contribution in [0.25, 0.3) is 0 Å². The largest absolute Gasteiger partial charge is 0.449 e. The van der Waals surface area contributed by atoms with Crippen molar-refractivity contribution in [2.24, 2.45) is 0 Å². The topological polar surface area (TPSA) is 92.8 Å². The number of benzene rings is 2. The molecule has 7 nitrogen and oxygen atoms in total. The second-order valence-corrected chi connectivity index (χ2v) is 8.49. The number of esters is 1. The van der Waals surface area contributed by atoms with Gasteiger partial charge in [0, 0.05) is 19.8 Å². The molecule has 0 aliphatic rings. The van der Waals surface area contributed by atoms with Crippen molar-refractivity contribution in [3.05, 3.63) is 59.4 Å². The highest BCUT2D eigenvalue weighted by atomic mass is 32.2. The minimum atomic E-state index is -3.86. The van der Waals surface area contributed by atoms with Gasteiger partial charge in [-0.25, -0.2) is 21.9 Å². The summed E-state index contributed by atoms with van der Waals surface area (Å²) in [4.78, 5) is 24.2. The molecule has 150 valence electrons. The van der Waals surface area contributed by atoms with Crippen molar-refractivity contribution in [3.8, 4) is 0 Å². The Balaban J connectivity index is 2.16. The van der Waals surface area contributed by atoms with Crippen molar-refractivity contribution in [2.75, 3.05) is 19.4 Å². The van der Waals surface area contributed by atoms with E-state index in [-0.39, 0.29) is 4.90 Å². The summed E-state index contributed by atoms with van der Waals surface area (Å²) < 4.78 is 44.3. The SMILES string of the molecule is Cc1cccc(NC(=O)[C@@H](C)OC(=O)c2cc(S(=O)(=O)N(C)C)ccc2F)c1. The highest BCUT2D eigenvalue weighted by molar-refractivity contribution is 7.89. The fourth-order valence-corrected chi connectivity index (χ4v) is 3.20. The molecule has 28 heavy (non-hydrogen) atoms. The number of nitrogens with zero attached hydrogens (tertiary/aromatic N) is 1. The van der Waals surface area contributed by atoms with E-state index in [1.807, 2.05) is 13.0 Å². The number of ether oxygens (including phenoxy) is 1. The summed E-state index contributed by atoms with van der Waals surface area (Å²) in [5, 5.41) is 2.59. The van der Waals surface area contributed by atoms with E-state index in [2.05, 4.69) is 5.32 Å². The number of sulfonamides is 1.